The van der Waals surface area contributed by atoms with Crippen molar-refractivity contribution < 1.29 is 4.79 Å². The van der Waals surface area contributed by atoms with Crippen LogP contribution in [-0.4, -0.2) is 30.6 Å². The van der Waals surface area contributed by atoms with Crippen LogP contribution in [0.4, 0.5) is 0 Å². The van der Waals surface area contributed by atoms with Gasteiger partial charge in [-0.3, -0.25) is 0 Å². The molecule has 3 heterocycles. The molecule has 3 aliphatic heterocycles. The van der Waals surface area contributed by atoms with Crippen molar-refractivity contribution in [3.63, 3.8) is 0 Å². The monoisotopic (exact) mass is 282 g/mol. The molecular weight excluding hydrogens is 260 g/mol. The lowest BCUT2D eigenvalue weighted by Crippen LogP contribution is -2.46. The summed E-state index contributed by atoms with van der Waals surface area (Å²) in [7, 11) is 0. The Balaban J connectivity index is 1.58. The molecule has 3 heteroatoms. The lowest BCUT2D eigenvalue weighted by atomic mass is 9.71. The molecule has 0 radical (unpaired) electrons. The van der Waals surface area contributed by atoms with Crippen molar-refractivity contribution in [1.82, 2.24) is 4.90 Å². The van der Waals surface area contributed by atoms with E-state index in [0.717, 1.165) is 25.2 Å². The molecule has 2 bridgehead atoms. The number of carbonyl (C=O) groups excluding carboxylic acids is 1. The molecular formula is C18H22N2O. The van der Waals surface area contributed by atoms with Gasteiger partial charge in [-0.15, -0.1) is 0 Å². The number of isocyanates is 1. The smallest absolute Gasteiger partial charge is 0.235 e. The molecule has 1 unspecified atom stereocenters. The highest BCUT2D eigenvalue weighted by atomic mass is 16.1. The van der Waals surface area contributed by atoms with Crippen LogP contribution in [0.3, 0.4) is 0 Å². The highest BCUT2D eigenvalue weighted by molar-refractivity contribution is 5.40. The van der Waals surface area contributed by atoms with Gasteiger partial charge in [0.1, 0.15) is 0 Å². The number of hydrogen-bond acceptors (Lipinski definition) is 3. The van der Waals surface area contributed by atoms with Crippen molar-refractivity contribution in [1.29, 1.82) is 0 Å². The minimum Gasteiger partial charge on any atom is -0.303 e. The number of piperidine rings is 3. The molecule has 1 aliphatic carbocycles. The quantitative estimate of drug-likeness (QED) is 0.630. The van der Waals surface area contributed by atoms with Gasteiger partial charge in [-0.1, -0.05) is 24.3 Å². The molecule has 5 rings (SSSR count). The van der Waals surface area contributed by atoms with Gasteiger partial charge in [0.05, 0.1) is 5.54 Å². The maximum Gasteiger partial charge on any atom is 0.235 e. The minimum atomic E-state index is -0.255. The van der Waals surface area contributed by atoms with E-state index in [0.29, 0.717) is 5.92 Å². The van der Waals surface area contributed by atoms with Crippen molar-refractivity contribution in [3.8, 4) is 0 Å². The van der Waals surface area contributed by atoms with Crippen molar-refractivity contribution in [2.45, 2.75) is 43.6 Å². The average molecular weight is 282 g/mol. The number of hydrogen-bond donors (Lipinski definition) is 0. The fourth-order valence-electron chi connectivity index (χ4n) is 4.45. The zero-order valence-corrected chi connectivity index (χ0v) is 12.4. The Morgan fingerprint density at radius 3 is 2.33 bits per heavy atom. The van der Waals surface area contributed by atoms with Gasteiger partial charge in [-0.2, -0.15) is 4.99 Å². The van der Waals surface area contributed by atoms with E-state index in [-0.39, 0.29) is 5.54 Å². The van der Waals surface area contributed by atoms with E-state index in [2.05, 4.69) is 34.2 Å². The first kappa shape index (κ1) is 13.2. The highest BCUT2D eigenvalue weighted by Gasteiger charge is 2.39. The molecule has 4 aliphatic rings. The maximum absolute atomic E-state index is 10.7. The zero-order chi connectivity index (χ0) is 14.3. The van der Waals surface area contributed by atoms with Crippen LogP contribution in [0.2, 0.25) is 0 Å². The largest absolute Gasteiger partial charge is 0.303 e. The van der Waals surface area contributed by atoms with Crippen molar-refractivity contribution >= 4 is 6.08 Å². The van der Waals surface area contributed by atoms with Crippen LogP contribution in [-0.2, 0) is 10.3 Å². The molecule has 4 fully saturated rings. The summed E-state index contributed by atoms with van der Waals surface area (Å²) in [6.07, 6.45) is 7.62. The summed E-state index contributed by atoms with van der Waals surface area (Å²) in [6, 6.07) is 8.96. The van der Waals surface area contributed by atoms with Crippen LogP contribution in [0.15, 0.2) is 29.3 Å². The van der Waals surface area contributed by atoms with E-state index in [1.807, 2.05) is 0 Å². The normalized spacial score (nSPS) is 33.0. The first-order chi connectivity index (χ1) is 10.3. The van der Waals surface area contributed by atoms with Gasteiger partial charge in [-0.05, 0) is 68.2 Å². The number of benzene rings is 1. The first-order valence-electron chi connectivity index (χ1n) is 8.23. The summed E-state index contributed by atoms with van der Waals surface area (Å²) in [6.45, 7) is 3.80. The van der Waals surface area contributed by atoms with Crippen molar-refractivity contribution in [3.05, 3.63) is 35.4 Å². The summed E-state index contributed by atoms with van der Waals surface area (Å²) in [4.78, 5) is 17.4. The molecule has 110 valence electrons. The molecule has 0 spiro atoms. The molecule has 1 saturated carbocycles. The Kier molecular flexibility index (Phi) is 3.20. The summed E-state index contributed by atoms with van der Waals surface area (Å²) >= 11 is 0. The van der Waals surface area contributed by atoms with Crippen molar-refractivity contribution in [2.75, 3.05) is 19.6 Å². The van der Waals surface area contributed by atoms with Crippen LogP contribution in [0.5, 0.6) is 0 Å². The third-order valence-corrected chi connectivity index (χ3v) is 5.97. The van der Waals surface area contributed by atoms with E-state index in [9.17, 15) is 4.79 Å². The number of nitrogens with zero attached hydrogens (tertiary/aromatic N) is 2. The number of aliphatic imine (C=N–C) groups is 1. The van der Waals surface area contributed by atoms with Crippen LogP contribution in [0, 0.1) is 5.92 Å². The SMILES string of the molecule is O=C=NC1(c2ccc(C3CN4CCC3CC4)cc2)CCC1. The molecule has 0 aromatic heterocycles. The summed E-state index contributed by atoms with van der Waals surface area (Å²) < 4.78 is 0. The molecule has 3 nitrogen and oxygen atoms in total. The van der Waals surface area contributed by atoms with E-state index in [1.165, 1.54) is 43.6 Å². The number of rotatable bonds is 3. The third kappa shape index (κ3) is 2.16. The molecule has 0 N–H and O–H groups in total. The number of fused-ring (bicyclic) bond motifs is 3. The predicted molar refractivity (Wildman–Crippen MR) is 82.0 cm³/mol. The van der Waals surface area contributed by atoms with E-state index >= 15 is 0 Å². The third-order valence-electron chi connectivity index (χ3n) is 5.97. The zero-order valence-electron chi connectivity index (χ0n) is 12.4. The Hall–Kier alpha value is -1.44. The van der Waals surface area contributed by atoms with Gasteiger partial charge in [-0.25, -0.2) is 4.79 Å². The second-order valence-electron chi connectivity index (χ2n) is 6.95. The standard InChI is InChI=1S/C18H22N2O/c21-13-19-18(8-1-9-18)16-4-2-14(3-5-16)17-12-20-10-6-15(17)7-11-20/h2-5,15,17H,1,6-12H2. The lowest BCUT2D eigenvalue weighted by Gasteiger charge is -2.45. The Labute approximate surface area is 126 Å². The van der Waals surface area contributed by atoms with E-state index in [1.54, 1.807) is 6.08 Å². The molecule has 1 aromatic carbocycles. The molecule has 1 aromatic rings. The topological polar surface area (TPSA) is 32.7 Å². The first-order valence-corrected chi connectivity index (χ1v) is 8.23. The van der Waals surface area contributed by atoms with Gasteiger partial charge < -0.3 is 4.90 Å². The highest BCUT2D eigenvalue weighted by Crippen LogP contribution is 2.45. The van der Waals surface area contributed by atoms with Gasteiger partial charge in [0.2, 0.25) is 6.08 Å². The molecule has 21 heavy (non-hydrogen) atoms. The summed E-state index contributed by atoms with van der Waals surface area (Å²) in [5, 5.41) is 0. The van der Waals surface area contributed by atoms with Crippen LogP contribution < -0.4 is 0 Å². The van der Waals surface area contributed by atoms with Gasteiger partial charge in [0, 0.05) is 6.54 Å². The van der Waals surface area contributed by atoms with Gasteiger partial charge in [0.25, 0.3) is 0 Å². The fraction of sp³-hybridized carbons (Fsp3) is 0.611. The average Bonchev–Trinajstić information content (AvgIpc) is 2.52. The Morgan fingerprint density at radius 2 is 1.86 bits per heavy atom. The Bertz CT molecular complexity index is 561. The van der Waals surface area contributed by atoms with Crippen LogP contribution in [0.25, 0.3) is 0 Å². The summed E-state index contributed by atoms with van der Waals surface area (Å²) in [5.41, 5.74) is 2.41. The van der Waals surface area contributed by atoms with Gasteiger partial charge in [0.15, 0.2) is 0 Å². The van der Waals surface area contributed by atoms with E-state index in [4.69, 9.17) is 0 Å². The molecule has 1 atom stereocenters. The van der Waals surface area contributed by atoms with Crippen LogP contribution >= 0.6 is 0 Å². The maximum atomic E-state index is 10.7. The van der Waals surface area contributed by atoms with Crippen molar-refractivity contribution in [2.24, 2.45) is 10.9 Å². The fourth-order valence-corrected chi connectivity index (χ4v) is 4.45. The second-order valence-corrected chi connectivity index (χ2v) is 6.95. The lowest BCUT2D eigenvalue weighted by molar-refractivity contribution is 0.0871. The predicted octanol–water partition coefficient (Wildman–Crippen LogP) is 3.21. The summed E-state index contributed by atoms with van der Waals surface area (Å²) in [5.74, 6) is 1.57. The second kappa shape index (κ2) is 5.08. The minimum absolute atomic E-state index is 0.255. The molecule has 3 saturated heterocycles. The Morgan fingerprint density at radius 1 is 1.14 bits per heavy atom. The van der Waals surface area contributed by atoms with Gasteiger partial charge >= 0.3 is 0 Å². The van der Waals surface area contributed by atoms with E-state index < -0.39 is 0 Å². The molecule has 0 amide bonds. The van der Waals surface area contributed by atoms with Crippen LogP contribution in [0.1, 0.15) is 49.1 Å².